The van der Waals surface area contributed by atoms with Gasteiger partial charge in [-0.05, 0) is 49.2 Å². The highest BCUT2D eigenvalue weighted by molar-refractivity contribution is 6.05. The van der Waals surface area contributed by atoms with E-state index in [1.54, 1.807) is 36.0 Å². The quantitative estimate of drug-likeness (QED) is 0.808. The fourth-order valence-corrected chi connectivity index (χ4v) is 3.12. The van der Waals surface area contributed by atoms with Gasteiger partial charge in [0, 0.05) is 31.0 Å². The van der Waals surface area contributed by atoms with Gasteiger partial charge in [-0.1, -0.05) is 42.5 Å². The fraction of sp³-hybridized carbons (Fsp3) is 0.217. The molecular weight excluding hydrogens is 336 g/mol. The smallest absolute Gasteiger partial charge is 0.258 e. The molecule has 1 aliphatic rings. The number of carbonyl (C=O) groups excluding carboxylic acids is 2. The summed E-state index contributed by atoms with van der Waals surface area (Å²) < 4.78 is 0. The van der Waals surface area contributed by atoms with Gasteiger partial charge < -0.3 is 9.80 Å². The molecule has 0 aliphatic heterocycles. The highest BCUT2D eigenvalue weighted by Gasteiger charge is 2.21. The molecule has 0 saturated carbocycles. The lowest BCUT2D eigenvalue weighted by atomic mass is 10.0. The molecule has 1 atom stereocenters. The zero-order valence-electron chi connectivity index (χ0n) is 15.7. The first kappa shape index (κ1) is 18.6. The third-order valence-electron chi connectivity index (χ3n) is 4.83. The monoisotopic (exact) mass is 360 g/mol. The molecule has 138 valence electrons. The van der Waals surface area contributed by atoms with Crippen LogP contribution in [0.5, 0.6) is 0 Å². The number of amides is 2. The molecule has 2 aromatic carbocycles. The highest BCUT2D eigenvalue weighted by Crippen LogP contribution is 2.24. The Balaban J connectivity index is 1.71. The molecule has 0 fully saturated rings. The van der Waals surface area contributed by atoms with Crippen molar-refractivity contribution in [3.63, 3.8) is 0 Å². The van der Waals surface area contributed by atoms with Gasteiger partial charge in [0.25, 0.3) is 5.91 Å². The summed E-state index contributed by atoms with van der Waals surface area (Å²) in [5.41, 5.74) is 2.24. The van der Waals surface area contributed by atoms with Crippen LogP contribution in [-0.2, 0) is 4.79 Å². The molecule has 0 radical (unpaired) electrons. The number of benzene rings is 2. The van der Waals surface area contributed by atoms with Gasteiger partial charge in [0.05, 0.1) is 5.92 Å². The number of carbonyl (C=O) groups is 2. The van der Waals surface area contributed by atoms with E-state index in [1.165, 1.54) is 0 Å². The SMILES string of the molecule is CN(C(=O)c1ccccc1)c1ccc(N(C)C(=O)C2C=CC=CCC2)cc1. The van der Waals surface area contributed by atoms with Gasteiger partial charge in [-0.25, -0.2) is 0 Å². The number of allylic oxidation sites excluding steroid dienone is 3. The Morgan fingerprint density at radius 1 is 0.852 bits per heavy atom. The van der Waals surface area contributed by atoms with Crippen LogP contribution in [0.2, 0.25) is 0 Å². The van der Waals surface area contributed by atoms with Crippen molar-refractivity contribution in [2.75, 3.05) is 23.9 Å². The zero-order chi connectivity index (χ0) is 19.2. The molecule has 0 saturated heterocycles. The van der Waals surface area contributed by atoms with Gasteiger partial charge in [-0.3, -0.25) is 9.59 Å². The lowest BCUT2D eigenvalue weighted by molar-refractivity contribution is -0.120. The van der Waals surface area contributed by atoms with Crippen LogP contribution in [0, 0.1) is 5.92 Å². The standard InChI is InChI=1S/C23H24N2O2/c1-24(22(26)18-10-6-3-4-7-11-18)20-14-16-21(17-15-20)25(2)23(27)19-12-8-5-9-13-19/h3-6,8-10,12-18H,7,11H2,1-2H3. The predicted octanol–water partition coefficient (Wildman–Crippen LogP) is 4.45. The Bertz CT molecular complexity index is 854. The Kier molecular flexibility index (Phi) is 5.87. The van der Waals surface area contributed by atoms with Crippen LogP contribution in [0.1, 0.15) is 23.2 Å². The van der Waals surface area contributed by atoms with E-state index in [2.05, 4.69) is 6.08 Å². The van der Waals surface area contributed by atoms with Crippen LogP contribution in [0.15, 0.2) is 78.9 Å². The third-order valence-corrected chi connectivity index (χ3v) is 4.83. The van der Waals surface area contributed by atoms with Crippen molar-refractivity contribution in [3.05, 3.63) is 84.5 Å². The molecule has 27 heavy (non-hydrogen) atoms. The van der Waals surface area contributed by atoms with Crippen molar-refractivity contribution in [1.29, 1.82) is 0 Å². The van der Waals surface area contributed by atoms with Crippen LogP contribution in [0.3, 0.4) is 0 Å². The first-order chi connectivity index (χ1) is 13.1. The van der Waals surface area contributed by atoms with Crippen molar-refractivity contribution in [3.8, 4) is 0 Å². The average molecular weight is 360 g/mol. The lowest BCUT2D eigenvalue weighted by Crippen LogP contribution is -2.32. The molecule has 4 nitrogen and oxygen atoms in total. The Morgan fingerprint density at radius 3 is 2.15 bits per heavy atom. The van der Waals surface area contributed by atoms with Crippen LogP contribution in [0.25, 0.3) is 0 Å². The molecule has 0 aromatic heterocycles. The van der Waals surface area contributed by atoms with Crippen LogP contribution >= 0.6 is 0 Å². The van der Waals surface area contributed by atoms with E-state index in [0.29, 0.717) is 5.56 Å². The molecule has 4 heteroatoms. The zero-order valence-corrected chi connectivity index (χ0v) is 15.7. The largest absolute Gasteiger partial charge is 0.315 e. The number of anilines is 2. The van der Waals surface area contributed by atoms with E-state index in [9.17, 15) is 9.59 Å². The Labute approximate surface area is 160 Å². The minimum absolute atomic E-state index is 0.0659. The molecule has 0 N–H and O–H groups in total. The van der Waals surface area contributed by atoms with Crippen molar-refractivity contribution in [2.24, 2.45) is 5.92 Å². The Hall–Kier alpha value is -3.14. The summed E-state index contributed by atoms with van der Waals surface area (Å²) in [5.74, 6) is -0.0905. The van der Waals surface area contributed by atoms with E-state index in [1.807, 2.05) is 60.7 Å². The summed E-state index contributed by atoms with van der Waals surface area (Å²) in [4.78, 5) is 28.6. The number of nitrogens with zero attached hydrogens (tertiary/aromatic N) is 2. The summed E-state index contributed by atoms with van der Waals surface area (Å²) >= 11 is 0. The van der Waals surface area contributed by atoms with E-state index in [-0.39, 0.29) is 17.7 Å². The van der Waals surface area contributed by atoms with Crippen LogP contribution in [0.4, 0.5) is 11.4 Å². The van der Waals surface area contributed by atoms with Gasteiger partial charge in [-0.2, -0.15) is 0 Å². The topological polar surface area (TPSA) is 40.6 Å². The second kappa shape index (κ2) is 8.49. The summed E-state index contributed by atoms with van der Waals surface area (Å²) in [6.07, 6.45) is 9.70. The van der Waals surface area contributed by atoms with Gasteiger partial charge in [0.15, 0.2) is 0 Å². The maximum absolute atomic E-state index is 12.7. The van der Waals surface area contributed by atoms with Crippen LogP contribution < -0.4 is 9.80 Å². The Morgan fingerprint density at radius 2 is 1.48 bits per heavy atom. The molecule has 1 aliphatic carbocycles. The molecule has 0 heterocycles. The third kappa shape index (κ3) is 4.34. The van der Waals surface area contributed by atoms with Gasteiger partial charge in [-0.15, -0.1) is 0 Å². The second-order valence-electron chi connectivity index (χ2n) is 6.64. The van der Waals surface area contributed by atoms with Crippen molar-refractivity contribution in [2.45, 2.75) is 12.8 Å². The molecule has 1 unspecified atom stereocenters. The van der Waals surface area contributed by atoms with E-state index < -0.39 is 0 Å². The summed E-state index contributed by atoms with van der Waals surface area (Å²) in [5, 5.41) is 0. The number of hydrogen-bond acceptors (Lipinski definition) is 2. The molecule has 2 aromatic rings. The summed E-state index contributed by atoms with van der Waals surface area (Å²) in [6.45, 7) is 0. The summed E-state index contributed by atoms with van der Waals surface area (Å²) in [7, 11) is 3.55. The van der Waals surface area contributed by atoms with Crippen molar-refractivity contribution in [1.82, 2.24) is 0 Å². The van der Waals surface area contributed by atoms with Crippen molar-refractivity contribution >= 4 is 23.2 Å². The van der Waals surface area contributed by atoms with Gasteiger partial charge >= 0.3 is 0 Å². The predicted molar refractivity (Wildman–Crippen MR) is 110 cm³/mol. The molecular formula is C23H24N2O2. The average Bonchev–Trinajstić information content (AvgIpc) is 3.02. The maximum Gasteiger partial charge on any atom is 0.258 e. The summed E-state index contributed by atoms with van der Waals surface area (Å²) in [6, 6.07) is 16.7. The molecule has 2 amide bonds. The maximum atomic E-state index is 12.7. The van der Waals surface area contributed by atoms with Gasteiger partial charge in [0.1, 0.15) is 0 Å². The number of rotatable bonds is 4. The lowest BCUT2D eigenvalue weighted by Gasteiger charge is -2.23. The van der Waals surface area contributed by atoms with E-state index in [0.717, 1.165) is 24.2 Å². The number of hydrogen-bond donors (Lipinski definition) is 0. The van der Waals surface area contributed by atoms with E-state index in [4.69, 9.17) is 0 Å². The van der Waals surface area contributed by atoms with Crippen LogP contribution in [-0.4, -0.2) is 25.9 Å². The minimum Gasteiger partial charge on any atom is -0.315 e. The first-order valence-electron chi connectivity index (χ1n) is 9.12. The minimum atomic E-state index is -0.105. The normalized spacial score (nSPS) is 15.9. The first-order valence-corrected chi connectivity index (χ1v) is 9.12. The molecule has 0 spiro atoms. The highest BCUT2D eigenvalue weighted by atomic mass is 16.2. The fourth-order valence-electron chi connectivity index (χ4n) is 3.12. The van der Waals surface area contributed by atoms with Gasteiger partial charge in [0.2, 0.25) is 5.91 Å². The second-order valence-corrected chi connectivity index (χ2v) is 6.64. The van der Waals surface area contributed by atoms with E-state index >= 15 is 0 Å². The van der Waals surface area contributed by atoms with Crippen molar-refractivity contribution < 1.29 is 9.59 Å². The molecule has 3 rings (SSSR count). The molecule has 0 bridgehead atoms.